The smallest absolute Gasteiger partial charge is 0.411 e. The maximum atomic E-state index is 12.9. The van der Waals surface area contributed by atoms with Crippen molar-refractivity contribution in [3.8, 4) is 0 Å². The number of rotatable bonds is 2. The first-order valence-corrected chi connectivity index (χ1v) is 7.74. The Bertz CT molecular complexity index is 510. The Kier molecular flexibility index (Phi) is 5.06. The first kappa shape index (κ1) is 16.7. The van der Waals surface area contributed by atoms with Crippen LogP contribution in [-0.2, 0) is 11.2 Å². The molecule has 1 fully saturated rings. The lowest BCUT2D eigenvalue weighted by Crippen LogP contribution is -2.52. The average molecular weight is 308 g/mol. The van der Waals surface area contributed by atoms with Gasteiger partial charge in [-0.05, 0) is 63.6 Å². The van der Waals surface area contributed by atoms with Crippen LogP contribution < -0.4 is 5.73 Å². The molecule has 0 spiro atoms. The third kappa shape index (κ3) is 4.70. The van der Waals surface area contributed by atoms with Crippen molar-refractivity contribution in [1.29, 1.82) is 0 Å². The van der Waals surface area contributed by atoms with E-state index in [-0.39, 0.29) is 18.1 Å². The first-order chi connectivity index (χ1) is 10.2. The number of carbonyl (C=O) groups is 1. The van der Waals surface area contributed by atoms with Crippen molar-refractivity contribution in [1.82, 2.24) is 4.90 Å². The van der Waals surface area contributed by atoms with E-state index in [0.717, 1.165) is 24.8 Å². The summed E-state index contributed by atoms with van der Waals surface area (Å²) in [5.41, 5.74) is 6.72. The molecule has 1 aromatic carbocycles. The molecule has 0 saturated carbocycles. The molecule has 1 aliphatic rings. The van der Waals surface area contributed by atoms with Crippen molar-refractivity contribution in [2.45, 2.75) is 51.8 Å². The maximum Gasteiger partial charge on any atom is 0.411 e. The van der Waals surface area contributed by atoms with Crippen LogP contribution in [0.3, 0.4) is 0 Å². The Labute approximate surface area is 131 Å². The Balaban J connectivity index is 1.89. The summed E-state index contributed by atoms with van der Waals surface area (Å²) in [5.74, 6) is 0.180. The van der Waals surface area contributed by atoms with Crippen molar-refractivity contribution in [3.63, 3.8) is 0 Å². The van der Waals surface area contributed by atoms with Gasteiger partial charge in [0.1, 0.15) is 11.4 Å². The van der Waals surface area contributed by atoms with Gasteiger partial charge in [0.2, 0.25) is 0 Å². The van der Waals surface area contributed by atoms with Gasteiger partial charge in [0.25, 0.3) is 0 Å². The molecule has 0 aromatic heterocycles. The van der Waals surface area contributed by atoms with Crippen LogP contribution in [0.1, 0.15) is 39.2 Å². The predicted molar refractivity (Wildman–Crippen MR) is 83.7 cm³/mol. The van der Waals surface area contributed by atoms with E-state index in [4.69, 9.17) is 10.5 Å². The Hall–Kier alpha value is -1.62. The van der Waals surface area contributed by atoms with E-state index in [1.807, 2.05) is 20.8 Å². The van der Waals surface area contributed by atoms with Gasteiger partial charge in [0.15, 0.2) is 0 Å². The lowest BCUT2D eigenvalue weighted by molar-refractivity contribution is 0.00556. The van der Waals surface area contributed by atoms with E-state index in [2.05, 4.69) is 0 Å². The number of nitrogens with two attached hydrogens (primary N) is 1. The number of halogens is 1. The van der Waals surface area contributed by atoms with Crippen LogP contribution in [0.5, 0.6) is 0 Å². The van der Waals surface area contributed by atoms with E-state index in [1.165, 1.54) is 12.1 Å². The van der Waals surface area contributed by atoms with Gasteiger partial charge >= 0.3 is 6.09 Å². The number of likely N-dealkylation sites (tertiary alicyclic amines) is 1. The van der Waals surface area contributed by atoms with Crippen LogP contribution >= 0.6 is 0 Å². The van der Waals surface area contributed by atoms with Gasteiger partial charge < -0.3 is 10.5 Å². The molecular weight excluding hydrogens is 283 g/mol. The summed E-state index contributed by atoms with van der Waals surface area (Å²) in [7, 11) is 0. The SMILES string of the molecule is CC(C)(C)OC(=O)N1CCC(Cc2ccc(F)cc2)CC1N. The Morgan fingerprint density at radius 3 is 2.55 bits per heavy atom. The van der Waals surface area contributed by atoms with Crippen molar-refractivity contribution < 1.29 is 13.9 Å². The summed E-state index contributed by atoms with van der Waals surface area (Å²) in [5, 5.41) is 0. The predicted octanol–water partition coefficient (Wildman–Crippen LogP) is 3.30. The molecule has 1 amide bonds. The monoisotopic (exact) mass is 308 g/mol. The van der Waals surface area contributed by atoms with Gasteiger partial charge in [-0.25, -0.2) is 9.18 Å². The summed E-state index contributed by atoms with van der Waals surface area (Å²) in [4.78, 5) is 13.7. The minimum absolute atomic E-state index is 0.222. The number of nitrogens with zero attached hydrogens (tertiary/aromatic N) is 1. The third-order valence-electron chi connectivity index (χ3n) is 3.82. The molecular formula is C17H25FN2O2. The number of benzene rings is 1. The highest BCUT2D eigenvalue weighted by Gasteiger charge is 2.32. The van der Waals surface area contributed by atoms with Crippen LogP contribution in [0.2, 0.25) is 0 Å². The van der Waals surface area contributed by atoms with Crippen LogP contribution in [0.25, 0.3) is 0 Å². The number of ether oxygens (including phenoxy) is 1. The van der Waals surface area contributed by atoms with Gasteiger partial charge in [-0.2, -0.15) is 0 Å². The third-order valence-corrected chi connectivity index (χ3v) is 3.82. The Morgan fingerprint density at radius 2 is 2.00 bits per heavy atom. The van der Waals surface area contributed by atoms with Crippen molar-refractivity contribution in [3.05, 3.63) is 35.6 Å². The normalized spacial score (nSPS) is 22.5. The molecule has 1 aliphatic heterocycles. The van der Waals surface area contributed by atoms with E-state index >= 15 is 0 Å². The minimum atomic E-state index is -0.512. The molecule has 5 heteroatoms. The topological polar surface area (TPSA) is 55.6 Å². The fourth-order valence-corrected chi connectivity index (χ4v) is 2.76. The number of hydrogen-bond acceptors (Lipinski definition) is 3. The maximum absolute atomic E-state index is 12.9. The molecule has 122 valence electrons. The van der Waals surface area contributed by atoms with Crippen LogP contribution in [0.15, 0.2) is 24.3 Å². The van der Waals surface area contributed by atoms with Crippen LogP contribution in [0, 0.1) is 11.7 Å². The van der Waals surface area contributed by atoms with Gasteiger partial charge in [0.05, 0.1) is 6.17 Å². The highest BCUT2D eigenvalue weighted by Crippen LogP contribution is 2.25. The standard InChI is InChI=1S/C17H25FN2O2/c1-17(2,3)22-16(21)20-9-8-13(11-15(20)19)10-12-4-6-14(18)7-5-12/h4-7,13,15H,8-11,19H2,1-3H3. The van der Waals surface area contributed by atoms with Crippen molar-refractivity contribution in [2.24, 2.45) is 11.7 Å². The second kappa shape index (κ2) is 6.65. The number of amides is 1. The fourth-order valence-electron chi connectivity index (χ4n) is 2.76. The fraction of sp³-hybridized carbons (Fsp3) is 0.588. The molecule has 2 atom stereocenters. The highest BCUT2D eigenvalue weighted by molar-refractivity contribution is 5.68. The van der Waals surface area contributed by atoms with Crippen molar-refractivity contribution in [2.75, 3.05) is 6.54 Å². The number of piperidine rings is 1. The first-order valence-electron chi connectivity index (χ1n) is 7.74. The molecule has 1 aromatic rings. The molecule has 1 heterocycles. The van der Waals surface area contributed by atoms with Crippen LogP contribution in [0.4, 0.5) is 9.18 Å². The zero-order chi connectivity index (χ0) is 16.3. The number of hydrogen-bond donors (Lipinski definition) is 1. The molecule has 0 aliphatic carbocycles. The van der Waals surface area contributed by atoms with E-state index < -0.39 is 5.60 Å². The van der Waals surface area contributed by atoms with Crippen LogP contribution in [-0.4, -0.2) is 29.3 Å². The van der Waals surface area contributed by atoms with E-state index in [1.54, 1.807) is 17.0 Å². The zero-order valence-electron chi connectivity index (χ0n) is 13.5. The second-order valence-electron chi connectivity index (χ2n) is 6.96. The molecule has 2 rings (SSSR count). The zero-order valence-corrected chi connectivity index (χ0v) is 13.5. The van der Waals surface area contributed by atoms with Gasteiger partial charge in [0, 0.05) is 6.54 Å². The quantitative estimate of drug-likeness (QED) is 0.912. The van der Waals surface area contributed by atoms with Crippen molar-refractivity contribution >= 4 is 6.09 Å². The molecule has 4 nitrogen and oxygen atoms in total. The molecule has 1 saturated heterocycles. The summed E-state index contributed by atoms with van der Waals surface area (Å²) in [6.45, 7) is 6.13. The van der Waals surface area contributed by atoms with Gasteiger partial charge in [-0.3, -0.25) is 4.90 Å². The summed E-state index contributed by atoms with van der Waals surface area (Å²) in [6, 6.07) is 6.57. The molecule has 0 bridgehead atoms. The summed E-state index contributed by atoms with van der Waals surface area (Å²) >= 11 is 0. The molecule has 22 heavy (non-hydrogen) atoms. The molecule has 2 N–H and O–H groups in total. The number of carbonyl (C=O) groups excluding carboxylic acids is 1. The molecule has 0 radical (unpaired) electrons. The van der Waals surface area contributed by atoms with E-state index in [0.29, 0.717) is 12.5 Å². The lowest BCUT2D eigenvalue weighted by atomic mass is 9.89. The van der Waals surface area contributed by atoms with Gasteiger partial charge in [-0.1, -0.05) is 12.1 Å². The Morgan fingerprint density at radius 1 is 1.36 bits per heavy atom. The van der Waals surface area contributed by atoms with Gasteiger partial charge in [-0.15, -0.1) is 0 Å². The summed E-state index contributed by atoms with van der Waals surface area (Å²) < 4.78 is 18.3. The summed E-state index contributed by atoms with van der Waals surface area (Å²) in [6.07, 6.45) is 1.80. The second-order valence-corrected chi connectivity index (χ2v) is 6.96. The highest BCUT2D eigenvalue weighted by atomic mass is 19.1. The largest absolute Gasteiger partial charge is 0.444 e. The van der Waals surface area contributed by atoms with E-state index in [9.17, 15) is 9.18 Å². The molecule has 2 unspecified atom stereocenters. The lowest BCUT2D eigenvalue weighted by Gasteiger charge is -2.38. The average Bonchev–Trinajstić information content (AvgIpc) is 2.39. The minimum Gasteiger partial charge on any atom is -0.444 e.